The number of rotatable bonds is 5. The minimum atomic E-state index is -0.863. The largest absolute Gasteiger partial charge is 0.495 e. The van der Waals surface area contributed by atoms with Gasteiger partial charge in [-0.15, -0.1) is 0 Å². The number of aryl methyl sites for hydroxylation is 1. The molecule has 0 radical (unpaired) electrons. The number of benzene rings is 1. The van der Waals surface area contributed by atoms with Crippen LogP contribution in [0.1, 0.15) is 12.1 Å². The minimum absolute atomic E-state index is 0.0245. The molecule has 0 aliphatic carbocycles. The predicted octanol–water partition coefficient (Wildman–Crippen LogP) is 1.95. The molecule has 19 heavy (non-hydrogen) atoms. The van der Waals surface area contributed by atoms with E-state index in [1.54, 1.807) is 25.3 Å². The Kier molecular flexibility index (Phi) is 3.70. The molecule has 0 atom stereocenters. The van der Waals surface area contributed by atoms with Crippen molar-refractivity contribution < 1.29 is 19.1 Å². The zero-order valence-corrected chi connectivity index (χ0v) is 10.4. The van der Waals surface area contributed by atoms with E-state index in [4.69, 9.17) is 20.0 Å². The second kappa shape index (κ2) is 5.43. The number of aromatic nitrogens is 1. The van der Waals surface area contributed by atoms with E-state index in [0.717, 1.165) is 5.56 Å². The van der Waals surface area contributed by atoms with E-state index in [2.05, 4.69) is 4.98 Å². The molecule has 3 N–H and O–H groups in total. The third kappa shape index (κ3) is 3.04. The average molecular weight is 262 g/mol. The molecular formula is C13H14N2O4. The first-order valence-electron chi connectivity index (χ1n) is 5.70. The maximum Gasteiger partial charge on any atom is 0.303 e. The van der Waals surface area contributed by atoms with Crippen LogP contribution in [0, 0.1) is 0 Å². The van der Waals surface area contributed by atoms with Crippen molar-refractivity contribution in [2.24, 2.45) is 0 Å². The van der Waals surface area contributed by atoms with Crippen molar-refractivity contribution >= 4 is 11.7 Å². The van der Waals surface area contributed by atoms with Crippen LogP contribution in [0.2, 0.25) is 0 Å². The lowest BCUT2D eigenvalue weighted by Gasteiger charge is -2.04. The molecule has 0 saturated carbocycles. The van der Waals surface area contributed by atoms with E-state index < -0.39 is 5.97 Å². The lowest BCUT2D eigenvalue weighted by atomic mass is 10.2. The number of carbonyl (C=O) groups is 1. The van der Waals surface area contributed by atoms with E-state index in [1.165, 1.54) is 6.26 Å². The fraction of sp³-hybridized carbons (Fsp3) is 0.231. The molecule has 1 aromatic heterocycles. The highest BCUT2D eigenvalue weighted by molar-refractivity contribution is 5.67. The van der Waals surface area contributed by atoms with Gasteiger partial charge in [-0.3, -0.25) is 4.79 Å². The Hall–Kier alpha value is -2.50. The van der Waals surface area contributed by atoms with Crippen LogP contribution in [-0.2, 0) is 11.2 Å². The van der Waals surface area contributed by atoms with Crippen molar-refractivity contribution in [2.75, 3.05) is 12.8 Å². The molecule has 1 aromatic carbocycles. The van der Waals surface area contributed by atoms with Gasteiger partial charge in [0.05, 0.1) is 24.9 Å². The van der Waals surface area contributed by atoms with E-state index >= 15 is 0 Å². The van der Waals surface area contributed by atoms with Gasteiger partial charge in [0.15, 0.2) is 0 Å². The number of hydrogen-bond acceptors (Lipinski definition) is 5. The summed E-state index contributed by atoms with van der Waals surface area (Å²) in [6.45, 7) is 0. The first-order chi connectivity index (χ1) is 9.10. The number of carboxylic acids is 1. The number of anilines is 1. The van der Waals surface area contributed by atoms with Gasteiger partial charge in [0.2, 0.25) is 5.89 Å². The summed E-state index contributed by atoms with van der Waals surface area (Å²) in [4.78, 5) is 14.7. The summed E-state index contributed by atoms with van der Waals surface area (Å²) < 4.78 is 10.4. The summed E-state index contributed by atoms with van der Waals surface area (Å²) >= 11 is 0. The summed E-state index contributed by atoms with van der Waals surface area (Å²) in [5.74, 6) is 0.134. The molecular weight excluding hydrogens is 248 g/mol. The summed E-state index contributed by atoms with van der Waals surface area (Å²) in [6, 6.07) is 5.21. The molecule has 0 aliphatic heterocycles. The molecule has 0 saturated heterocycles. The summed E-state index contributed by atoms with van der Waals surface area (Å²) in [5, 5.41) is 8.60. The number of ether oxygens (including phenoxy) is 1. The smallest absolute Gasteiger partial charge is 0.303 e. The maximum absolute atomic E-state index is 10.5. The first-order valence-corrected chi connectivity index (χ1v) is 5.70. The summed E-state index contributed by atoms with van der Waals surface area (Å²) in [6.07, 6.45) is 1.82. The third-order valence-electron chi connectivity index (χ3n) is 2.62. The van der Waals surface area contributed by atoms with E-state index in [9.17, 15) is 4.79 Å². The lowest BCUT2D eigenvalue weighted by molar-refractivity contribution is -0.136. The predicted molar refractivity (Wildman–Crippen MR) is 68.9 cm³/mol. The molecule has 6 nitrogen and oxygen atoms in total. The second-order valence-corrected chi connectivity index (χ2v) is 3.99. The van der Waals surface area contributed by atoms with Crippen molar-refractivity contribution in [1.82, 2.24) is 4.98 Å². The van der Waals surface area contributed by atoms with Crippen molar-refractivity contribution in [3.63, 3.8) is 0 Å². The first kappa shape index (κ1) is 12.9. The summed E-state index contributed by atoms with van der Waals surface area (Å²) in [7, 11) is 1.54. The van der Waals surface area contributed by atoms with Crippen LogP contribution in [0.4, 0.5) is 5.69 Å². The number of nitrogens with two attached hydrogens (primary N) is 1. The van der Waals surface area contributed by atoms with Gasteiger partial charge in [0, 0.05) is 12.0 Å². The SMILES string of the molecule is COc1ccc(-c2nc(CCC(=O)O)co2)cc1N. The van der Waals surface area contributed by atoms with Crippen LogP contribution in [0.5, 0.6) is 5.75 Å². The maximum atomic E-state index is 10.5. The molecule has 0 unspecified atom stereocenters. The van der Waals surface area contributed by atoms with Crippen LogP contribution in [0.15, 0.2) is 28.9 Å². The average Bonchev–Trinajstić information content (AvgIpc) is 2.85. The van der Waals surface area contributed by atoms with Gasteiger partial charge in [-0.25, -0.2) is 4.98 Å². The van der Waals surface area contributed by atoms with Gasteiger partial charge in [-0.2, -0.15) is 0 Å². The fourth-order valence-corrected chi connectivity index (χ4v) is 1.66. The van der Waals surface area contributed by atoms with E-state index in [-0.39, 0.29) is 6.42 Å². The number of hydrogen-bond donors (Lipinski definition) is 2. The zero-order chi connectivity index (χ0) is 13.8. The van der Waals surface area contributed by atoms with Crippen molar-refractivity contribution in [3.05, 3.63) is 30.2 Å². The molecule has 0 bridgehead atoms. The molecule has 0 amide bonds. The summed E-state index contributed by atoms with van der Waals surface area (Å²) in [5.41, 5.74) is 7.62. The molecule has 0 fully saturated rings. The van der Waals surface area contributed by atoms with Gasteiger partial charge in [-0.05, 0) is 18.2 Å². The highest BCUT2D eigenvalue weighted by Crippen LogP contribution is 2.27. The molecule has 0 spiro atoms. The Bertz CT molecular complexity index is 592. The van der Waals surface area contributed by atoms with Gasteiger partial charge in [0.25, 0.3) is 0 Å². The van der Waals surface area contributed by atoms with Gasteiger partial charge in [0.1, 0.15) is 12.0 Å². The molecule has 2 rings (SSSR count). The monoisotopic (exact) mass is 262 g/mol. The molecule has 6 heteroatoms. The van der Waals surface area contributed by atoms with Gasteiger partial charge in [-0.1, -0.05) is 0 Å². The topological polar surface area (TPSA) is 98.6 Å². The molecule has 1 heterocycles. The van der Waals surface area contributed by atoms with Crippen molar-refractivity contribution in [3.8, 4) is 17.2 Å². The lowest BCUT2D eigenvalue weighted by Crippen LogP contribution is -1.97. The van der Waals surface area contributed by atoms with Crippen molar-refractivity contribution in [1.29, 1.82) is 0 Å². The number of nitrogens with zero attached hydrogens (tertiary/aromatic N) is 1. The zero-order valence-electron chi connectivity index (χ0n) is 10.4. The van der Waals surface area contributed by atoms with Gasteiger partial charge >= 0.3 is 5.97 Å². The normalized spacial score (nSPS) is 10.4. The van der Waals surface area contributed by atoms with E-state index in [1.807, 2.05) is 0 Å². The molecule has 0 aliphatic rings. The van der Waals surface area contributed by atoms with Crippen LogP contribution >= 0.6 is 0 Å². The number of oxazole rings is 1. The Morgan fingerprint density at radius 1 is 1.53 bits per heavy atom. The number of aliphatic carboxylic acids is 1. The van der Waals surface area contributed by atoms with Crippen LogP contribution in [-0.4, -0.2) is 23.2 Å². The van der Waals surface area contributed by atoms with E-state index in [0.29, 0.717) is 29.4 Å². The number of methoxy groups -OCH3 is 1. The van der Waals surface area contributed by atoms with Crippen LogP contribution in [0.3, 0.4) is 0 Å². The Morgan fingerprint density at radius 3 is 2.95 bits per heavy atom. The third-order valence-corrected chi connectivity index (χ3v) is 2.62. The standard InChI is InChI=1S/C13H14N2O4/c1-18-11-4-2-8(6-10(11)14)13-15-9(7-19-13)3-5-12(16)17/h2,4,6-7H,3,5,14H2,1H3,(H,16,17). The van der Waals surface area contributed by atoms with Gasteiger partial charge < -0.3 is 20.0 Å². The highest BCUT2D eigenvalue weighted by atomic mass is 16.5. The molecule has 100 valence electrons. The molecule has 2 aromatic rings. The van der Waals surface area contributed by atoms with Crippen LogP contribution in [0.25, 0.3) is 11.5 Å². The quantitative estimate of drug-likeness (QED) is 0.799. The second-order valence-electron chi connectivity index (χ2n) is 3.99. The Balaban J connectivity index is 2.18. The Morgan fingerprint density at radius 2 is 2.32 bits per heavy atom. The number of nitrogen functional groups attached to an aromatic ring is 1. The highest BCUT2D eigenvalue weighted by Gasteiger charge is 2.10. The minimum Gasteiger partial charge on any atom is -0.495 e. The fourth-order valence-electron chi connectivity index (χ4n) is 1.66. The van der Waals surface area contributed by atoms with Crippen LogP contribution < -0.4 is 10.5 Å². The Labute approximate surface area is 109 Å². The number of carboxylic acid groups (broad SMARTS) is 1. The van der Waals surface area contributed by atoms with Crippen molar-refractivity contribution in [2.45, 2.75) is 12.8 Å².